The standard InChI is InChI=1S/C39H76NO8P/c1-6-8-10-12-14-16-18-19-20-21-22-24-26-28-30-32-39(42)48-37(36-47-49(43,44)46-34-33-40(3,4)5)35-45-38(41)31-29-27-25-23-17-15-13-11-9-7-2/h19-20,37H,6-18,21-36H2,1-5H3/p+1/b20-19+/t37-/m0/s1. The highest BCUT2D eigenvalue weighted by Crippen LogP contribution is 2.43. The minimum absolute atomic E-state index is 0.0328. The Bertz CT molecular complexity index is 860. The van der Waals surface area contributed by atoms with Gasteiger partial charge in [0.1, 0.15) is 19.8 Å². The van der Waals surface area contributed by atoms with Gasteiger partial charge in [0.15, 0.2) is 6.10 Å². The molecule has 0 amide bonds. The molecule has 0 aromatic rings. The zero-order valence-corrected chi connectivity index (χ0v) is 33.3. The van der Waals surface area contributed by atoms with Crippen LogP contribution in [0.15, 0.2) is 12.2 Å². The van der Waals surface area contributed by atoms with Gasteiger partial charge in [-0.3, -0.25) is 18.6 Å². The van der Waals surface area contributed by atoms with Gasteiger partial charge in [-0.2, -0.15) is 0 Å². The first kappa shape index (κ1) is 47.8. The van der Waals surface area contributed by atoms with Crippen LogP contribution >= 0.6 is 7.82 Å². The monoisotopic (exact) mass is 719 g/mol. The van der Waals surface area contributed by atoms with Crippen molar-refractivity contribution in [2.75, 3.05) is 47.5 Å². The van der Waals surface area contributed by atoms with Crippen LogP contribution in [0.1, 0.15) is 174 Å². The van der Waals surface area contributed by atoms with Crippen LogP contribution in [0.4, 0.5) is 0 Å². The van der Waals surface area contributed by atoms with Gasteiger partial charge >= 0.3 is 19.8 Å². The molecule has 9 nitrogen and oxygen atoms in total. The van der Waals surface area contributed by atoms with Crippen molar-refractivity contribution in [3.05, 3.63) is 12.2 Å². The maximum absolute atomic E-state index is 12.6. The highest BCUT2D eigenvalue weighted by Gasteiger charge is 2.27. The fraction of sp³-hybridized carbons (Fsp3) is 0.897. The van der Waals surface area contributed by atoms with Crippen LogP contribution in [-0.4, -0.2) is 74.9 Å². The number of rotatable bonds is 36. The molecule has 0 spiro atoms. The second-order valence-corrected chi connectivity index (χ2v) is 16.1. The van der Waals surface area contributed by atoms with Crippen LogP contribution in [0, 0.1) is 0 Å². The van der Waals surface area contributed by atoms with E-state index in [0.717, 1.165) is 51.4 Å². The van der Waals surface area contributed by atoms with Crippen molar-refractivity contribution in [3.8, 4) is 0 Å². The van der Waals surface area contributed by atoms with E-state index in [-0.39, 0.29) is 25.6 Å². The van der Waals surface area contributed by atoms with Crippen LogP contribution in [-0.2, 0) is 32.7 Å². The van der Waals surface area contributed by atoms with E-state index < -0.39 is 26.5 Å². The minimum Gasteiger partial charge on any atom is -0.462 e. The topological polar surface area (TPSA) is 108 Å². The van der Waals surface area contributed by atoms with Gasteiger partial charge in [-0.15, -0.1) is 0 Å². The molecule has 49 heavy (non-hydrogen) atoms. The molecule has 0 aromatic carbocycles. The Morgan fingerprint density at radius 3 is 1.51 bits per heavy atom. The predicted molar refractivity (Wildman–Crippen MR) is 201 cm³/mol. The second-order valence-electron chi connectivity index (χ2n) is 14.7. The van der Waals surface area contributed by atoms with Crippen molar-refractivity contribution in [1.82, 2.24) is 0 Å². The van der Waals surface area contributed by atoms with Gasteiger partial charge in [0.2, 0.25) is 0 Å². The fourth-order valence-corrected chi connectivity index (χ4v) is 6.10. The van der Waals surface area contributed by atoms with E-state index in [1.165, 1.54) is 89.9 Å². The van der Waals surface area contributed by atoms with Crippen molar-refractivity contribution < 1.29 is 42.1 Å². The van der Waals surface area contributed by atoms with E-state index >= 15 is 0 Å². The Kier molecular flexibility index (Phi) is 31.8. The number of unbranched alkanes of at least 4 members (excludes halogenated alkanes) is 20. The molecular weight excluding hydrogens is 641 g/mol. The first-order chi connectivity index (χ1) is 23.5. The average Bonchev–Trinajstić information content (AvgIpc) is 3.04. The Hall–Kier alpha value is -1.25. The molecule has 1 unspecified atom stereocenters. The molecule has 10 heteroatoms. The lowest BCUT2D eigenvalue weighted by Crippen LogP contribution is -2.37. The molecule has 0 aliphatic rings. The van der Waals surface area contributed by atoms with E-state index in [1.54, 1.807) is 0 Å². The highest BCUT2D eigenvalue weighted by molar-refractivity contribution is 7.47. The van der Waals surface area contributed by atoms with Gasteiger partial charge < -0.3 is 18.9 Å². The van der Waals surface area contributed by atoms with Gasteiger partial charge in [-0.05, 0) is 38.5 Å². The summed E-state index contributed by atoms with van der Waals surface area (Å²) in [5.74, 6) is -0.806. The number of hydrogen-bond acceptors (Lipinski definition) is 7. The molecule has 2 atom stereocenters. The Balaban J connectivity index is 4.41. The average molecular weight is 719 g/mol. The summed E-state index contributed by atoms with van der Waals surface area (Å²) >= 11 is 0. The maximum Gasteiger partial charge on any atom is 0.472 e. The molecule has 0 rings (SSSR count). The first-order valence-electron chi connectivity index (χ1n) is 19.9. The molecular formula is C39H77NO8P+. The lowest BCUT2D eigenvalue weighted by Gasteiger charge is -2.24. The van der Waals surface area contributed by atoms with Gasteiger partial charge in [0.25, 0.3) is 0 Å². The van der Waals surface area contributed by atoms with E-state index in [1.807, 2.05) is 21.1 Å². The third-order valence-electron chi connectivity index (χ3n) is 8.55. The summed E-state index contributed by atoms with van der Waals surface area (Å²) in [6.45, 7) is 4.39. The van der Waals surface area contributed by atoms with E-state index in [4.69, 9.17) is 18.5 Å². The summed E-state index contributed by atoms with van der Waals surface area (Å²) in [4.78, 5) is 35.1. The minimum atomic E-state index is -4.36. The molecule has 0 heterocycles. The number of phosphoric acid groups is 1. The van der Waals surface area contributed by atoms with Crippen LogP contribution < -0.4 is 0 Å². The third-order valence-corrected chi connectivity index (χ3v) is 9.53. The number of carbonyl (C=O) groups is 2. The summed E-state index contributed by atoms with van der Waals surface area (Å²) in [6, 6.07) is 0. The van der Waals surface area contributed by atoms with Gasteiger partial charge in [-0.25, -0.2) is 4.57 Å². The van der Waals surface area contributed by atoms with Crippen LogP contribution in [0.5, 0.6) is 0 Å². The number of esters is 2. The van der Waals surface area contributed by atoms with E-state index in [9.17, 15) is 19.0 Å². The van der Waals surface area contributed by atoms with Crippen molar-refractivity contribution >= 4 is 19.8 Å². The number of carbonyl (C=O) groups excluding carboxylic acids is 2. The number of hydrogen-bond donors (Lipinski definition) is 1. The summed E-state index contributed by atoms with van der Waals surface area (Å²) in [5, 5.41) is 0. The summed E-state index contributed by atoms with van der Waals surface area (Å²) in [6.07, 6.45) is 31.1. The molecule has 0 bridgehead atoms. The predicted octanol–water partition coefficient (Wildman–Crippen LogP) is 10.6. The van der Waals surface area contributed by atoms with Gasteiger partial charge in [-0.1, -0.05) is 135 Å². The van der Waals surface area contributed by atoms with Gasteiger partial charge in [0.05, 0.1) is 27.7 Å². The summed E-state index contributed by atoms with van der Waals surface area (Å²) in [7, 11) is 1.48. The number of allylic oxidation sites excluding steroid dienone is 2. The molecule has 0 saturated carbocycles. The van der Waals surface area contributed by atoms with Crippen LogP contribution in [0.25, 0.3) is 0 Å². The summed E-state index contributed by atoms with van der Waals surface area (Å²) < 4.78 is 34.1. The Labute approximate surface area is 301 Å². The molecule has 0 saturated heterocycles. The zero-order valence-electron chi connectivity index (χ0n) is 32.4. The first-order valence-corrected chi connectivity index (χ1v) is 21.4. The number of quaternary nitrogens is 1. The molecule has 0 fully saturated rings. The number of nitrogens with zero attached hydrogens (tertiary/aromatic N) is 1. The quantitative estimate of drug-likeness (QED) is 0.0224. The second kappa shape index (κ2) is 32.6. The Morgan fingerprint density at radius 1 is 0.612 bits per heavy atom. The van der Waals surface area contributed by atoms with Crippen molar-refractivity contribution in [2.45, 2.75) is 180 Å². The third kappa shape index (κ3) is 36.3. The molecule has 1 N–H and O–H groups in total. The number of phosphoric ester groups is 1. The summed E-state index contributed by atoms with van der Waals surface area (Å²) in [5.41, 5.74) is 0. The van der Waals surface area contributed by atoms with Crippen LogP contribution in [0.3, 0.4) is 0 Å². The number of likely N-dealkylation sites (N-methyl/N-ethyl adjacent to an activating group) is 1. The SMILES string of the molecule is CCCCCCCC/C=C/CCCCCCCC(=O)O[C@@H](COC(=O)CCCCCCCCCCCC)COP(=O)(O)OCC[N+](C)(C)C. The Morgan fingerprint density at radius 2 is 1.04 bits per heavy atom. The molecule has 0 aliphatic heterocycles. The van der Waals surface area contributed by atoms with E-state index in [2.05, 4.69) is 26.0 Å². The fourth-order valence-electron chi connectivity index (χ4n) is 5.36. The zero-order chi connectivity index (χ0) is 36.5. The molecule has 0 aromatic heterocycles. The number of ether oxygens (including phenoxy) is 2. The normalized spacial score (nSPS) is 13.8. The van der Waals surface area contributed by atoms with Gasteiger partial charge in [0, 0.05) is 12.8 Å². The van der Waals surface area contributed by atoms with Crippen molar-refractivity contribution in [2.24, 2.45) is 0 Å². The van der Waals surface area contributed by atoms with Crippen molar-refractivity contribution in [3.63, 3.8) is 0 Å². The lowest BCUT2D eigenvalue weighted by molar-refractivity contribution is -0.870. The smallest absolute Gasteiger partial charge is 0.462 e. The lowest BCUT2D eigenvalue weighted by atomic mass is 10.1. The molecule has 0 radical (unpaired) electrons. The molecule has 290 valence electrons. The van der Waals surface area contributed by atoms with Crippen LogP contribution in [0.2, 0.25) is 0 Å². The maximum atomic E-state index is 12.6. The highest BCUT2D eigenvalue weighted by atomic mass is 31.2. The van der Waals surface area contributed by atoms with Crippen molar-refractivity contribution in [1.29, 1.82) is 0 Å². The largest absolute Gasteiger partial charge is 0.472 e. The molecule has 0 aliphatic carbocycles. The van der Waals surface area contributed by atoms with E-state index in [0.29, 0.717) is 23.9 Å².